The molecule has 0 bridgehead atoms. The van der Waals surface area contributed by atoms with Gasteiger partial charge in [-0.2, -0.15) is 10.4 Å². The molecule has 1 atom stereocenters. The van der Waals surface area contributed by atoms with Gasteiger partial charge in [0.05, 0.1) is 17.5 Å². The summed E-state index contributed by atoms with van der Waals surface area (Å²) in [7, 11) is -2.17. The van der Waals surface area contributed by atoms with Gasteiger partial charge in [-0.25, -0.2) is 13.1 Å². The van der Waals surface area contributed by atoms with Crippen LogP contribution in [-0.4, -0.2) is 37.2 Å². The minimum Gasteiger partial charge on any atom is -0.380 e. The van der Waals surface area contributed by atoms with Crippen molar-refractivity contribution in [2.45, 2.75) is 26.4 Å². The molecule has 0 saturated carbocycles. The van der Waals surface area contributed by atoms with E-state index in [-0.39, 0.29) is 17.3 Å². The summed E-state index contributed by atoms with van der Waals surface area (Å²) in [5, 5.41) is 13.4. The van der Waals surface area contributed by atoms with Crippen LogP contribution in [0, 0.1) is 18.3 Å². The van der Waals surface area contributed by atoms with Crippen LogP contribution in [-0.2, 0) is 14.8 Å². The number of nitrogens with one attached hydrogen (secondary N) is 1. The lowest BCUT2D eigenvalue weighted by atomic mass is 10.3. The van der Waals surface area contributed by atoms with E-state index in [2.05, 4.69) is 9.82 Å². The highest BCUT2D eigenvalue weighted by molar-refractivity contribution is 7.92. The Bertz CT molecular complexity index is 834. The van der Waals surface area contributed by atoms with Gasteiger partial charge < -0.3 is 4.74 Å². The molecule has 0 amide bonds. The van der Waals surface area contributed by atoms with Gasteiger partial charge in [-0.15, -0.1) is 0 Å². The summed E-state index contributed by atoms with van der Waals surface area (Å²) in [6.07, 6.45) is 0.184. The number of para-hydroxylation sites is 1. The van der Waals surface area contributed by atoms with Gasteiger partial charge in [0, 0.05) is 12.7 Å². The minimum absolute atomic E-state index is 0.165. The van der Waals surface area contributed by atoms with E-state index in [1.54, 1.807) is 19.1 Å². The first kappa shape index (κ1) is 18.0. The van der Waals surface area contributed by atoms with Crippen molar-refractivity contribution in [3.05, 3.63) is 41.6 Å². The highest BCUT2D eigenvalue weighted by Gasteiger charge is 2.23. The summed E-state index contributed by atoms with van der Waals surface area (Å²) in [6, 6.07) is 11.0. The van der Waals surface area contributed by atoms with Gasteiger partial charge in [-0.3, -0.25) is 4.72 Å². The van der Waals surface area contributed by atoms with Crippen LogP contribution >= 0.6 is 0 Å². The smallest absolute Gasteiger partial charge is 0.236 e. The van der Waals surface area contributed by atoms with Gasteiger partial charge in [-0.1, -0.05) is 25.1 Å². The molecule has 1 aromatic carbocycles. The number of nitriles is 1. The van der Waals surface area contributed by atoms with Crippen molar-refractivity contribution in [2.75, 3.05) is 17.6 Å². The zero-order valence-electron chi connectivity index (χ0n) is 13.9. The molecule has 0 aliphatic rings. The van der Waals surface area contributed by atoms with Crippen molar-refractivity contribution in [1.82, 2.24) is 9.78 Å². The number of ether oxygens (including phenoxy) is 1. The van der Waals surface area contributed by atoms with Gasteiger partial charge in [-0.05, 0) is 25.5 Å². The molecule has 0 aliphatic carbocycles. The van der Waals surface area contributed by atoms with Crippen molar-refractivity contribution >= 4 is 15.8 Å². The van der Waals surface area contributed by atoms with E-state index in [0.717, 1.165) is 0 Å². The number of nitrogens with zero attached hydrogens (tertiary/aromatic N) is 3. The maximum Gasteiger partial charge on any atom is 0.236 e. The van der Waals surface area contributed by atoms with Crippen molar-refractivity contribution in [3.8, 4) is 11.8 Å². The number of hydrogen-bond acceptors (Lipinski definition) is 5. The molecular weight excluding hydrogens is 328 g/mol. The molecule has 0 fully saturated rings. The van der Waals surface area contributed by atoms with Crippen molar-refractivity contribution in [3.63, 3.8) is 0 Å². The molecule has 0 aliphatic heterocycles. The molecule has 2 rings (SSSR count). The summed E-state index contributed by atoms with van der Waals surface area (Å²) in [4.78, 5) is 0. The molecule has 1 aromatic heterocycles. The first-order valence-corrected chi connectivity index (χ1v) is 9.15. The lowest BCUT2D eigenvalue weighted by Crippen LogP contribution is -2.28. The fourth-order valence-electron chi connectivity index (χ4n) is 2.26. The second-order valence-electron chi connectivity index (χ2n) is 5.33. The normalized spacial score (nSPS) is 12.6. The molecular formula is C16H20N4O3S. The van der Waals surface area contributed by atoms with Gasteiger partial charge in [0.2, 0.25) is 10.0 Å². The van der Waals surface area contributed by atoms with E-state index < -0.39 is 16.1 Å². The van der Waals surface area contributed by atoms with E-state index >= 15 is 0 Å². The van der Waals surface area contributed by atoms with Gasteiger partial charge >= 0.3 is 0 Å². The molecule has 7 nitrogen and oxygen atoms in total. The van der Waals surface area contributed by atoms with E-state index in [9.17, 15) is 13.7 Å². The zero-order chi connectivity index (χ0) is 17.7. The van der Waals surface area contributed by atoms with Gasteiger partial charge in [0.1, 0.15) is 11.9 Å². The number of sulfonamides is 1. The van der Waals surface area contributed by atoms with Crippen LogP contribution in [0.5, 0.6) is 0 Å². The summed E-state index contributed by atoms with van der Waals surface area (Å²) >= 11 is 0. The molecule has 2 aromatic rings. The Morgan fingerprint density at radius 2 is 2.04 bits per heavy atom. The summed E-state index contributed by atoms with van der Waals surface area (Å²) in [5.74, 6) is 0.102. The first-order valence-electron chi connectivity index (χ1n) is 7.50. The Hall–Kier alpha value is -2.37. The molecule has 128 valence electrons. The second kappa shape index (κ2) is 7.47. The predicted molar refractivity (Wildman–Crippen MR) is 91.5 cm³/mol. The quantitative estimate of drug-likeness (QED) is 0.827. The standard InChI is InChI=1S/C16H20N4O3S/c1-4-14(23-3)11-24(21,22)19-16-12(2)15(10-17)18-20(16)13-8-6-5-7-9-13/h5-9,14,19H,4,11H2,1-3H3. The Balaban J connectivity index is 2.43. The fourth-order valence-corrected chi connectivity index (χ4v) is 3.74. The van der Waals surface area contributed by atoms with Gasteiger partial charge in [0.25, 0.3) is 0 Å². The SMILES string of the molecule is CCC(CS(=O)(=O)Nc1c(C)c(C#N)nn1-c1ccccc1)OC. The van der Waals surface area contributed by atoms with Crippen LogP contribution in [0.2, 0.25) is 0 Å². The molecule has 24 heavy (non-hydrogen) atoms. The van der Waals surface area contributed by atoms with Crippen molar-refractivity contribution in [2.24, 2.45) is 0 Å². The largest absolute Gasteiger partial charge is 0.380 e. The maximum absolute atomic E-state index is 12.4. The highest BCUT2D eigenvalue weighted by atomic mass is 32.2. The molecule has 1 unspecified atom stereocenters. The highest BCUT2D eigenvalue weighted by Crippen LogP contribution is 2.24. The number of anilines is 1. The third kappa shape index (κ3) is 3.93. The van der Waals surface area contributed by atoms with E-state index in [1.165, 1.54) is 11.8 Å². The number of rotatable bonds is 7. The Kier molecular flexibility index (Phi) is 5.59. The monoisotopic (exact) mass is 348 g/mol. The zero-order valence-corrected chi connectivity index (χ0v) is 14.7. The van der Waals surface area contributed by atoms with Crippen LogP contribution in [0.3, 0.4) is 0 Å². The first-order chi connectivity index (χ1) is 11.4. The lowest BCUT2D eigenvalue weighted by molar-refractivity contribution is 0.117. The maximum atomic E-state index is 12.4. The summed E-state index contributed by atoms with van der Waals surface area (Å²) < 4.78 is 34.0. The van der Waals surface area contributed by atoms with Crippen LogP contribution in [0.1, 0.15) is 24.6 Å². The molecule has 8 heteroatoms. The van der Waals surface area contributed by atoms with Crippen LogP contribution in [0.15, 0.2) is 30.3 Å². The Morgan fingerprint density at radius 3 is 2.58 bits per heavy atom. The molecule has 0 spiro atoms. The van der Waals surface area contributed by atoms with Crippen molar-refractivity contribution < 1.29 is 13.2 Å². The summed E-state index contributed by atoms with van der Waals surface area (Å²) in [5.41, 5.74) is 1.32. The Labute approximate surface area is 141 Å². The Morgan fingerprint density at radius 1 is 1.38 bits per heavy atom. The molecule has 0 saturated heterocycles. The van der Waals surface area contributed by atoms with Crippen LogP contribution < -0.4 is 4.72 Å². The number of methoxy groups -OCH3 is 1. The summed E-state index contributed by atoms with van der Waals surface area (Å²) in [6.45, 7) is 3.52. The van der Waals surface area contributed by atoms with E-state index in [0.29, 0.717) is 17.7 Å². The van der Waals surface area contributed by atoms with Crippen LogP contribution in [0.25, 0.3) is 5.69 Å². The number of aromatic nitrogens is 2. The predicted octanol–water partition coefficient (Wildman–Crippen LogP) is 2.22. The molecule has 1 heterocycles. The van der Waals surface area contributed by atoms with Crippen molar-refractivity contribution in [1.29, 1.82) is 5.26 Å². The van der Waals surface area contributed by atoms with Crippen LogP contribution in [0.4, 0.5) is 5.82 Å². The minimum atomic E-state index is -3.65. The van der Waals surface area contributed by atoms with E-state index in [4.69, 9.17) is 4.74 Å². The van der Waals surface area contributed by atoms with Gasteiger partial charge in [0.15, 0.2) is 5.69 Å². The second-order valence-corrected chi connectivity index (χ2v) is 7.10. The molecule has 0 radical (unpaired) electrons. The average molecular weight is 348 g/mol. The number of benzene rings is 1. The number of hydrogen-bond donors (Lipinski definition) is 1. The topological polar surface area (TPSA) is 97.0 Å². The molecule has 1 N–H and O–H groups in total. The lowest BCUT2D eigenvalue weighted by Gasteiger charge is -2.15. The average Bonchev–Trinajstić information content (AvgIpc) is 2.89. The third-order valence-corrected chi connectivity index (χ3v) is 4.99. The van der Waals surface area contributed by atoms with E-state index in [1.807, 2.05) is 31.2 Å². The third-order valence-electron chi connectivity index (χ3n) is 3.68. The fraction of sp³-hybridized carbons (Fsp3) is 0.375.